The number of carbonyl (C=O) groups is 2. The van der Waals surface area contributed by atoms with Gasteiger partial charge in [-0.1, -0.05) is 81.0 Å². The third kappa shape index (κ3) is 5.35. The second kappa shape index (κ2) is 11.5. The minimum Gasteiger partial charge on any atom is -0.335 e. The van der Waals surface area contributed by atoms with Crippen LogP contribution in [0, 0.1) is 0 Å². The van der Waals surface area contributed by atoms with E-state index in [1.807, 2.05) is 41.3 Å². The van der Waals surface area contributed by atoms with Crippen molar-refractivity contribution in [1.82, 2.24) is 19.4 Å². The van der Waals surface area contributed by atoms with Gasteiger partial charge in [-0.15, -0.1) is 0 Å². The maximum absolute atomic E-state index is 14.2. The highest BCUT2D eigenvalue weighted by molar-refractivity contribution is 5.83. The summed E-state index contributed by atoms with van der Waals surface area (Å²) in [4.78, 5) is 36.8. The first-order chi connectivity index (χ1) is 19.1. The zero-order chi connectivity index (χ0) is 26.8. The lowest BCUT2D eigenvalue weighted by molar-refractivity contribution is -0.138. The molecule has 0 N–H and O–H groups in total. The van der Waals surface area contributed by atoms with Crippen LogP contribution in [-0.4, -0.2) is 49.8 Å². The number of benzene rings is 2. The molecule has 3 fully saturated rings. The van der Waals surface area contributed by atoms with E-state index in [2.05, 4.69) is 34.6 Å². The lowest BCUT2D eigenvalue weighted by Gasteiger charge is -2.42. The van der Waals surface area contributed by atoms with E-state index < -0.39 is 0 Å². The topological polar surface area (TPSA) is 58.4 Å². The molecule has 6 rings (SSSR count). The van der Waals surface area contributed by atoms with Crippen LogP contribution >= 0.6 is 0 Å². The van der Waals surface area contributed by atoms with E-state index in [9.17, 15) is 9.59 Å². The summed E-state index contributed by atoms with van der Waals surface area (Å²) >= 11 is 0. The molecule has 206 valence electrons. The molecule has 3 aromatic rings. The molecule has 1 aliphatic heterocycles. The summed E-state index contributed by atoms with van der Waals surface area (Å²) in [5, 5.41) is 0. The Morgan fingerprint density at radius 2 is 1.51 bits per heavy atom. The zero-order valence-electron chi connectivity index (χ0n) is 23.3. The maximum atomic E-state index is 14.2. The summed E-state index contributed by atoms with van der Waals surface area (Å²) in [6.45, 7) is 3.04. The third-order valence-electron chi connectivity index (χ3n) is 9.47. The number of fused-ring (bicyclic) bond motifs is 1. The Morgan fingerprint density at radius 3 is 2.18 bits per heavy atom. The molecule has 2 atom stereocenters. The smallest absolute Gasteiger partial charge is 0.243 e. The van der Waals surface area contributed by atoms with Crippen LogP contribution in [0.25, 0.3) is 11.0 Å². The van der Waals surface area contributed by atoms with Crippen molar-refractivity contribution in [2.45, 2.75) is 108 Å². The Bertz CT molecular complexity index is 1270. The van der Waals surface area contributed by atoms with Gasteiger partial charge in [0.25, 0.3) is 0 Å². The van der Waals surface area contributed by atoms with E-state index in [0.29, 0.717) is 31.6 Å². The Morgan fingerprint density at radius 1 is 0.897 bits per heavy atom. The highest BCUT2D eigenvalue weighted by Crippen LogP contribution is 2.36. The van der Waals surface area contributed by atoms with Crippen molar-refractivity contribution in [1.29, 1.82) is 0 Å². The quantitative estimate of drug-likeness (QED) is 0.348. The van der Waals surface area contributed by atoms with Crippen molar-refractivity contribution in [2.24, 2.45) is 0 Å². The van der Waals surface area contributed by atoms with Crippen molar-refractivity contribution in [3.8, 4) is 0 Å². The van der Waals surface area contributed by atoms with Crippen LogP contribution in [0.4, 0.5) is 0 Å². The minimum atomic E-state index is -0.0262. The highest BCUT2D eigenvalue weighted by Gasteiger charge is 2.38. The minimum absolute atomic E-state index is 0.0104. The second-order valence-electron chi connectivity index (χ2n) is 12.0. The molecule has 2 amide bonds. The Labute approximate surface area is 232 Å². The molecule has 0 bridgehead atoms. The van der Waals surface area contributed by atoms with Crippen LogP contribution in [0.1, 0.15) is 101 Å². The van der Waals surface area contributed by atoms with Crippen LogP contribution < -0.4 is 0 Å². The fourth-order valence-electron chi connectivity index (χ4n) is 7.40. The molecule has 2 saturated carbocycles. The molecular formula is C33H42N4O2. The van der Waals surface area contributed by atoms with E-state index in [-0.39, 0.29) is 23.8 Å². The van der Waals surface area contributed by atoms with Gasteiger partial charge in [0.1, 0.15) is 12.4 Å². The van der Waals surface area contributed by atoms with Gasteiger partial charge in [0.15, 0.2) is 0 Å². The highest BCUT2D eigenvalue weighted by atomic mass is 16.2. The van der Waals surface area contributed by atoms with Crippen molar-refractivity contribution < 1.29 is 9.59 Å². The number of amides is 2. The Balaban J connectivity index is 1.29. The van der Waals surface area contributed by atoms with Crippen molar-refractivity contribution in [3.63, 3.8) is 0 Å². The number of carbonyl (C=O) groups excluding carboxylic acids is 2. The van der Waals surface area contributed by atoms with Crippen LogP contribution in [0.2, 0.25) is 0 Å². The molecule has 39 heavy (non-hydrogen) atoms. The van der Waals surface area contributed by atoms with Gasteiger partial charge in [-0.3, -0.25) is 9.59 Å². The number of para-hydroxylation sites is 2. The predicted molar refractivity (Wildman–Crippen MR) is 154 cm³/mol. The van der Waals surface area contributed by atoms with Gasteiger partial charge < -0.3 is 14.4 Å². The number of aromatic nitrogens is 2. The summed E-state index contributed by atoms with van der Waals surface area (Å²) < 4.78 is 2.14. The average molecular weight is 527 g/mol. The van der Waals surface area contributed by atoms with E-state index in [1.54, 1.807) is 0 Å². The van der Waals surface area contributed by atoms with Crippen LogP contribution in [0.15, 0.2) is 54.6 Å². The lowest BCUT2D eigenvalue weighted by Crippen LogP contribution is -2.50. The number of rotatable bonds is 7. The van der Waals surface area contributed by atoms with Crippen molar-refractivity contribution >= 4 is 22.8 Å². The molecule has 2 aliphatic carbocycles. The van der Waals surface area contributed by atoms with Gasteiger partial charge in [0.2, 0.25) is 11.8 Å². The fraction of sp³-hybridized carbons (Fsp3) is 0.545. The number of hydrogen-bond donors (Lipinski definition) is 0. The summed E-state index contributed by atoms with van der Waals surface area (Å²) in [5.41, 5.74) is 3.05. The molecule has 3 aliphatic rings. The number of likely N-dealkylation sites (tertiary alicyclic amines) is 1. The zero-order valence-corrected chi connectivity index (χ0v) is 23.3. The van der Waals surface area contributed by atoms with E-state index in [1.165, 1.54) is 38.5 Å². The molecule has 1 aromatic heterocycles. The van der Waals surface area contributed by atoms with Gasteiger partial charge in [-0.25, -0.2) is 4.98 Å². The van der Waals surface area contributed by atoms with Crippen LogP contribution in [0.3, 0.4) is 0 Å². The van der Waals surface area contributed by atoms with Gasteiger partial charge in [0, 0.05) is 31.0 Å². The normalized spacial score (nSPS) is 21.9. The molecular weight excluding hydrogens is 484 g/mol. The molecule has 6 heteroatoms. The maximum Gasteiger partial charge on any atom is 0.243 e. The molecule has 2 aromatic carbocycles. The third-order valence-corrected chi connectivity index (χ3v) is 9.47. The number of imidazole rings is 1. The van der Waals surface area contributed by atoms with Crippen molar-refractivity contribution in [3.05, 3.63) is 66.0 Å². The predicted octanol–water partition coefficient (Wildman–Crippen LogP) is 6.61. The number of hydrogen-bond acceptors (Lipinski definition) is 3. The first-order valence-electron chi connectivity index (χ1n) is 15.2. The first-order valence-corrected chi connectivity index (χ1v) is 15.2. The van der Waals surface area contributed by atoms with Crippen LogP contribution in [-0.2, 0) is 16.1 Å². The lowest BCUT2D eigenvalue weighted by atomic mass is 9.88. The summed E-state index contributed by atoms with van der Waals surface area (Å²) in [6, 6.07) is 19.1. The molecule has 0 spiro atoms. The molecule has 6 nitrogen and oxygen atoms in total. The van der Waals surface area contributed by atoms with E-state index >= 15 is 0 Å². The van der Waals surface area contributed by atoms with Crippen molar-refractivity contribution in [2.75, 3.05) is 6.54 Å². The monoisotopic (exact) mass is 526 g/mol. The first kappa shape index (κ1) is 26.1. The van der Waals surface area contributed by atoms with Crippen LogP contribution in [0.5, 0.6) is 0 Å². The van der Waals surface area contributed by atoms with Gasteiger partial charge in [-0.05, 0) is 50.3 Å². The van der Waals surface area contributed by atoms with E-state index in [0.717, 1.165) is 48.1 Å². The number of nitrogens with zero attached hydrogens (tertiary/aromatic N) is 4. The molecule has 0 radical (unpaired) electrons. The SMILES string of the molecule is CC(c1ccccc1)N1CC(c2nc3ccccc3n2CC(=O)N(C2CCCCC2)C2CCCCC2)CC1=O. The Kier molecular flexibility index (Phi) is 7.71. The van der Waals surface area contributed by atoms with Gasteiger partial charge in [-0.2, -0.15) is 0 Å². The summed E-state index contributed by atoms with van der Waals surface area (Å²) in [5.74, 6) is 1.25. The van der Waals surface area contributed by atoms with Gasteiger partial charge in [0.05, 0.1) is 17.1 Å². The molecule has 1 saturated heterocycles. The summed E-state index contributed by atoms with van der Waals surface area (Å²) in [6.07, 6.45) is 12.4. The Hall–Kier alpha value is -3.15. The largest absolute Gasteiger partial charge is 0.335 e. The standard InChI is InChI=1S/C33H42N4O2/c1-24(25-13-5-2-6-14-25)35-22-26(21-31(35)38)33-34-29-19-11-12-20-30(29)36(33)23-32(39)37(27-15-7-3-8-16-27)28-17-9-4-10-18-28/h2,5-6,11-14,19-20,24,26-28H,3-4,7-10,15-18,21-23H2,1H3. The average Bonchev–Trinajstić information content (AvgIpc) is 3.55. The summed E-state index contributed by atoms with van der Waals surface area (Å²) in [7, 11) is 0. The molecule has 2 unspecified atom stereocenters. The fourth-order valence-corrected chi connectivity index (χ4v) is 7.40. The molecule has 2 heterocycles. The second-order valence-corrected chi connectivity index (χ2v) is 12.0. The van der Waals surface area contributed by atoms with E-state index in [4.69, 9.17) is 4.98 Å². The van der Waals surface area contributed by atoms with Gasteiger partial charge >= 0.3 is 0 Å².